The number of likely N-dealkylation sites (N-methyl/N-ethyl adjacent to an activating group) is 1. The second-order valence-corrected chi connectivity index (χ2v) is 4.40. The fourth-order valence-corrected chi connectivity index (χ4v) is 1.93. The molecule has 0 unspecified atom stereocenters. The first-order valence-corrected chi connectivity index (χ1v) is 6.37. The van der Waals surface area contributed by atoms with Gasteiger partial charge in [0.15, 0.2) is 0 Å². The number of hydrogen-bond acceptors (Lipinski definition) is 3. The van der Waals surface area contributed by atoms with Crippen LogP contribution in [0.3, 0.4) is 0 Å². The minimum Gasteiger partial charge on any atom is -0.489 e. The number of carbonyl (C=O) groups is 1. The molecule has 2 rings (SSSR count). The predicted octanol–water partition coefficient (Wildman–Crippen LogP) is 2.61. The quantitative estimate of drug-likeness (QED) is 0.848. The molecule has 4 nitrogen and oxygen atoms in total. The Kier molecular flexibility index (Phi) is 4.74. The molecule has 0 aliphatic carbocycles. The Bertz CT molecular complexity index is 552. The molecule has 0 saturated heterocycles. The van der Waals surface area contributed by atoms with Crippen molar-refractivity contribution in [2.75, 3.05) is 7.05 Å². The number of hydrogen-bond donors (Lipinski definition) is 2. The zero-order valence-electron chi connectivity index (χ0n) is 11.2. The summed E-state index contributed by atoms with van der Waals surface area (Å²) < 4.78 is 5.65. The molecule has 0 spiro atoms. The van der Waals surface area contributed by atoms with Gasteiger partial charge in [-0.3, -0.25) is 4.79 Å². The molecule has 0 saturated carbocycles. The van der Waals surface area contributed by atoms with Gasteiger partial charge in [-0.05, 0) is 30.3 Å². The normalized spacial score (nSPS) is 11.8. The minimum absolute atomic E-state index is 0.495. The highest BCUT2D eigenvalue weighted by Gasteiger charge is 2.16. The summed E-state index contributed by atoms with van der Waals surface area (Å²) in [5.41, 5.74) is 1.79. The first-order chi connectivity index (χ1) is 9.70. The average Bonchev–Trinajstić information content (AvgIpc) is 2.48. The van der Waals surface area contributed by atoms with Crippen LogP contribution >= 0.6 is 0 Å². The van der Waals surface area contributed by atoms with Crippen molar-refractivity contribution in [3.63, 3.8) is 0 Å². The van der Waals surface area contributed by atoms with Crippen molar-refractivity contribution in [2.24, 2.45) is 0 Å². The topological polar surface area (TPSA) is 58.6 Å². The van der Waals surface area contributed by atoms with Crippen LogP contribution in [0.4, 0.5) is 0 Å². The summed E-state index contributed by atoms with van der Waals surface area (Å²) in [6.07, 6.45) is 0. The monoisotopic (exact) mass is 271 g/mol. The highest BCUT2D eigenvalue weighted by molar-refractivity contribution is 5.75. The molecule has 0 heterocycles. The molecule has 0 radical (unpaired) electrons. The van der Waals surface area contributed by atoms with Crippen LogP contribution < -0.4 is 10.1 Å². The fourth-order valence-electron chi connectivity index (χ4n) is 1.93. The van der Waals surface area contributed by atoms with Crippen molar-refractivity contribution >= 4 is 5.97 Å². The zero-order valence-corrected chi connectivity index (χ0v) is 11.2. The highest BCUT2D eigenvalue weighted by atomic mass is 16.5. The Morgan fingerprint density at radius 2 is 1.80 bits per heavy atom. The molecule has 0 fully saturated rings. The van der Waals surface area contributed by atoms with Gasteiger partial charge in [-0.15, -0.1) is 0 Å². The number of nitrogens with one attached hydrogen (secondary N) is 1. The van der Waals surface area contributed by atoms with Crippen molar-refractivity contribution in [3.05, 3.63) is 65.7 Å². The number of carboxylic acids is 1. The van der Waals surface area contributed by atoms with E-state index in [1.165, 1.54) is 0 Å². The van der Waals surface area contributed by atoms with Crippen LogP contribution in [0.5, 0.6) is 5.75 Å². The van der Waals surface area contributed by atoms with Crippen molar-refractivity contribution < 1.29 is 14.6 Å². The van der Waals surface area contributed by atoms with Crippen molar-refractivity contribution in [3.8, 4) is 5.75 Å². The predicted molar refractivity (Wildman–Crippen MR) is 76.7 cm³/mol. The molecule has 0 aliphatic heterocycles. The first kappa shape index (κ1) is 14.1. The molecule has 1 atom stereocenters. The SMILES string of the molecule is CN[C@H](C(=O)O)c1ccc(OCc2ccccc2)cc1. The third-order valence-electron chi connectivity index (χ3n) is 3.00. The molecule has 20 heavy (non-hydrogen) atoms. The van der Waals surface area contributed by atoms with Crippen molar-refractivity contribution in [1.82, 2.24) is 5.32 Å². The van der Waals surface area contributed by atoms with Gasteiger partial charge in [0.05, 0.1) is 0 Å². The molecule has 0 aliphatic rings. The lowest BCUT2D eigenvalue weighted by atomic mass is 10.1. The maximum Gasteiger partial charge on any atom is 0.325 e. The van der Waals surface area contributed by atoms with E-state index in [-0.39, 0.29) is 0 Å². The van der Waals surface area contributed by atoms with Gasteiger partial charge in [-0.25, -0.2) is 0 Å². The lowest BCUT2D eigenvalue weighted by Crippen LogP contribution is -2.24. The van der Waals surface area contributed by atoms with Crippen molar-refractivity contribution in [2.45, 2.75) is 12.6 Å². The molecule has 0 aromatic heterocycles. The van der Waals surface area contributed by atoms with Gasteiger partial charge < -0.3 is 15.2 Å². The van der Waals surface area contributed by atoms with Crippen molar-refractivity contribution in [1.29, 1.82) is 0 Å². The summed E-state index contributed by atoms with van der Waals surface area (Å²) in [7, 11) is 1.62. The third kappa shape index (κ3) is 3.59. The standard InChI is InChI=1S/C16H17NO3/c1-17-15(16(18)19)13-7-9-14(10-8-13)20-11-12-5-3-2-4-6-12/h2-10,15,17H,11H2,1H3,(H,18,19)/t15-/m0/s1. The number of benzene rings is 2. The van der Waals surface area contributed by atoms with Crippen LogP contribution in [0.25, 0.3) is 0 Å². The largest absolute Gasteiger partial charge is 0.489 e. The summed E-state index contributed by atoms with van der Waals surface area (Å²) in [6, 6.07) is 16.3. The second-order valence-electron chi connectivity index (χ2n) is 4.40. The van der Waals surface area contributed by atoms with E-state index in [9.17, 15) is 4.79 Å². The molecule has 4 heteroatoms. The Hall–Kier alpha value is -2.33. The molecule has 104 valence electrons. The fraction of sp³-hybridized carbons (Fsp3) is 0.188. The number of carboxylic acid groups (broad SMARTS) is 1. The van der Waals surface area contributed by atoms with E-state index in [2.05, 4.69) is 5.32 Å². The van der Waals surface area contributed by atoms with E-state index in [0.29, 0.717) is 12.2 Å². The molecule has 0 amide bonds. The van der Waals surface area contributed by atoms with Gasteiger partial charge in [0, 0.05) is 0 Å². The molecular weight excluding hydrogens is 254 g/mol. The highest BCUT2D eigenvalue weighted by Crippen LogP contribution is 2.18. The van der Waals surface area contributed by atoms with E-state index in [4.69, 9.17) is 9.84 Å². The second kappa shape index (κ2) is 6.73. The summed E-state index contributed by atoms with van der Waals surface area (Å²) >= 11 is 0. The van der Waals surface area contributed by atoms with Crippen LogP contribution in [0.2, 0.25) is 0 Å². The Morgan fingerprint density at radius 1 is 1.15 bits per heavy atom. The van der Waals surface area contributed by atoms with Gasteiger partial charge in [0.2, 0.25) is 0 Å². The summed E-state index contributed by atoms with van der Waals surface area (Å²) in [6.45, 7) is 0.495. The van der Waals surface area contributed by atoms with E-state index in [1.54, 1.807) is 31.3 Å². The molecular formula is C16H17NO3. The van der Waals surface area contributed by atoms with E-state index >= 15 is 0 Å². The van der Waals surface area contributed by atoms with E-state index in [1.807, 2.05) is 30.3 Å². The van der Waals surface area contributed by atoms with E-state index < -0.39 is 12.0 Å². The number of rotatable bonds is 6. The minimum atomic E-state index is -0.898. The van der Waals surface area contributed by atoms with Gasteiger partial charge in [0.25, 0.3) is 0 Å². The van der Waals surface area contributed by atoms with E-state index in [0.717, 1.165) is 11.3 Å². The lowest BCUT2D eigenvalue weighted by molar-refractivity contribution is -0.139. The Labute approximate surface area is 118 Å². The summed E-state index contributed by atoms with van der Waals surface area (Å²) in [4.78, 5) is 11.0. The van der Waals surface area contributed by atoms with Gasteiger partial charge >= 0.3 is 5.97 Å². The maximum absolute atomic E-state index is 11.0. The third-order valence-corrected chi connectivity index (χ3v) is 3.00. The molecule has 2 aromatic carbocycles. The van der Waals surface area contributed by atoms with Crippen LogP contribution in [0, 0.1) is 0 Å². The molecule has 2 aromatic rings. The molecule has 2 N–H and O–H groups in total. The molecule has 0 bridgehead atoms. The van der Waals surface area contributed by atoms with Crippen LogP contribution in [0.15, 0.2) is 54.6 Å². The van der Waals surface area contributed by atoms with Gasteiger partial charge in [0.1, 0.15) is 18.4 Å². The Balaban J connectivity index is 2.00. The summed E-state index contributed by atoms with van der Waals surface area (Å²) in [5, 5.41) is 11.8. The zero-order chi connectivity index (χ0) is 14.4. The Morgan fingerprint density at radius 3 is 2.35 bits per heavy atom. The van der Waals surface area contributed by atoms with Crippen LogP contribution in [-0.2, 0) is 11.4 Å². The number of aliphatic carboxylic acids is 1. The lowest BCUT2D eigenvalue weighted by Gasteiger charge is -2.12. The first-order valence-electron chi connectivity index (χ1n) is 6.37. The maximum atomic E-state index is 11.0. The smallest absolute Gasteiger partial charge is 0.325 e. The van der Waals surface area contributed by atoms with Gasteiger partial charge in [-0.1, -0.05) is 42.5 Å². The van der Waals surface area contributed by atoms with Crippen LogP contribution in [-0.4, -0.2) is 18.1 Å². The van der Waals surface area contributed by atoms with Gasteiger partial charge in [-0.2, -0.15) is 0 Å². The van der Waals surface area contributed by atoms with Crippen LogP contribution in [0.1, 0.15) is 17.2 Å². The average molecular weight is 271 g/mol. The number of ether oxygens (including phenoxy) is 1. The summed E-state index contributed by atoms with van der Waals surface area (Å²) in [5.74, 6) is -0.178.